The van der Waals surface area contributed by atoms with E-state index in [9.17, 15) is 70.9 Å². The van der Waals surface area contributed by atoms with Crippen molar-refractivity contribution in [2.45, 2.75) is 273 Å². The third kappa shape index (κ3) is 12.4. The molecule has 0 spiro atoms. The largest absolute Gasteiger partial charge is 0.465 e. The molecule has 6 heterocycles. The minimum Gasteiger partial charge on any atom is -0.465 e. The summed E-state index contributed by atoms with van der Waals surface area (Å²) in [6.07, 6.45) is -25.8. The Morgan fingerprint density at radius 3 is 2.06 bits per heavy atom. The Balaban J connectivity index is 0.857. The average molecular weight is 1270 g/mol. The number of fused-ring (bicyclic) bond motifs is 11. The maximum atomic E-state index is 15.5. The highest BCUT2D eigenvalue weighted by Gasteiger charge is 2.70. The molecule has 31 atom stereocenters. The summed E-state index contributed by atoms with van der Waals surface area (Å²) in [5.74, 6) is -3.19. The molecule has 4 saturated carbocycles. The first-order valence-corrected chi connectivity index (χ1v) is 32.0. The standard InChI is InChI=1S/C62H96O27/c1-27-41(69)48(86-52-46(74)42(70)33(65)25-80-52)47(75)53(82-27)88-49-43(71)34(66)26-81-54(49)89-56(76)62-16-14-57(2,3)19-32(62)31-8-9-38-59(5)12-11-35-29(30(59)10-13-61(38,7)60(31,6)15-17-62)24-78-39(67)20-58(4,77)21-40(68)83-36-18-28(64)23-79-51(36)87-50-45(73)44(72)37(22-63)85-55(50)84-35/h8,27-30,32-38,41-55,63-66,69-75,77H,9-26H2,1-7H3/t27-,28+,29-,30-,32-,33+,34-,35-,36+,37+,38+,41-,42-,43-,44+,45-,46+,47+,48+,49+,50+,51-,52-,53-,54-,55+,58?,59-,60+,61+,62-/m0/s1. The number of aliphatic hydroxyl groups excluding tert-OH is 11. The second kappa shape index (κ2) is 25.5. The van der Waals surface area contributed by atoms with Crippen LogP contribution in [0.1, 0.15) is 132 Å². The van der Waals surface area contributed by atoms with Crippen molar-refractivity contribution in [3.8, 4) is 0 Å². The first-order chi connectivity index (χ1) is 41.8. The maximum Gasteiger partial charge on any atom is 0.315 e. The van der Waals surface area contributed by atoms with Gasteiger partial charge < -0.3 is 118 Å². The van der Waals surface area contributed by atoms with E-state index in [1.165, 1.54) is 19.4 Å². The zero-order chi connectivity index (χ0) is 64.2. The van der Waals surface area contributed by atoms with Crippen molar-refractivity contribution in [1.82, 2.24) is 0 Å². The van der Waals surface area contributed by atoms with E-state index in [0.717, 1.165) is 0 Å². The molecule has 11 aliphatic rings. The van der Waals surface area contributed by atoms with E-state index in [4.69, 9.17) is 56.8 Å². The van der Waals surface area contributed by atoms with Crippen LogP contribution in [0.4, 0.5) is 0 Å². The van der Waals surface area contributed by atoms with Crippen LogP contribution in [0.15, 0.2) is 11.6 Å². The average Bonchev–Trinajstić information content (AvgIpc) is 0.741. The fourth-order valence-electron chi connectivity index (χ4n) is 17.9. The third-order valence-electron chi connectivity index (χ3n) is 23.3. The van der Waals surface area contributed by atoms with Gasteiger partial charge in [0.05, 0.1) is 75.2 Å². The number of aliphatic hydroxyl groups is 12. The molecule has 0 radical (unpaired) electrons. The second-order valence-corrected chi connectivity index (χ2v) is 29.6. The summed E-state index contributed by atoms with van der Waals surface area (Å²) < 4.78 is 72.7. The van der Waals surface area contributed by atoms with Crippen molar-refractivity contribution in [3.63, 3.8) is 0 Å². The first-order valence-electron chi connectivity index (χ1n) is 32.0. The molecule has 27 nitrogen and oxygen atoms in total. The van der Waals surface area contributed by atoms with Crippen LogP contribution in [-0.4, -0.2) is 253 Å². The van der Waals surface area contributed by atoms with Gasteiger partial charge in [0.2, 0.25) is 6.29 Å². The smallest absolute Gasteiger partial charge is 0.315 e. The van der Waals surface area contributed by atoms with E-state index < -0.39 is 214 Å². The summed E-state index contributed by atoms with van der Waals surface area (Å²) in [6, 6.07) is 0. The van der Waals surface area contributed by atoms with Crippen LogP contribution in [0, 0.1) is 50.7 Å². The van der Waals surface area contributed by atoms with Gasteiger partial charge in [0.25, 0.3) is 0 Å². The molecule has 27 heteroatoms. The number of ether oxygens (including phenoxy) is 12. The number of cyclic esters (lactones) is 1. The zero-order valence-electron chi connectivity index (χ0n) is 51.8. The number of rotatable bonds is 7. The van der Waals surface area contributed by atoms with Crippen LogP contribution in [0.5, 0.6) is 0 Å². The van der Waals surface area contributed by atoms with Crippen molar-refractivity contribution >= 4 is 17.9 Å². The van der Waals surface area contributed by atoms with Crippen LogP contribution < -0.4 is 0 Å². The number of esters is 3. The van der Waals surface area contributed by atoms with Gasteiger partial charge in [0.1, 0.15) is 73.2 Å². The molecule has 11 rings (SSSR count). The molecule has 6 saturated heterocycles. The molecule has 10 fully saturated rings. The van der Waals surface area contributed by atoms with Crippen molar-refractivity contribution in [2.24, 2.45) is 50.7 Å². The zero-order valence-corrected chi connectivity index (χ0v) is 51.8. The number of carbonyl (C=O) groups excluding carboxylic acids is 3. The molecule has 6 aliphatic heterocycles. The van der Waals surface area contributed by atoms with E-state index in [-0.39, 0.29) is 48.2 Å². The summed E-state index contributed by atoms with van der Waals surface area (Å²) in [5.41, 5.74) is -3.25. The number of allylic oxidation sites excluding steroid dienone is 2. The van der Waals surface area contributed by atoms with Gasteiger partial charge in [-0.05, 0) is 117 Å². The Bertz CT molecular complexity index is 2570. The maximum absolute atomic E-state index is 15.5. The molecule has 12 N–H and O–H groups in total. The fraction of sp³-hybridized carbons (Fsp3) is 0.919. The van der Waals surface area contributed by atoms with Crippen molar-refractivity contribution in [1.29, 1.82) is 0 Å². The monoisotopic (exact) mass is 1270 g/mol. The van der Waals surface area contributed by atoms with Gasteiger partial charge in [-0.25, -0.2) is 0 Å². The molecule has 0 amide bonds. The van der Waals surface area contributed by atoms with E-state index in [1.807, 2.05) is 0 Å². The first kappa shape index (κ1) is 67.7. The Hall–Kier alpha value is -2.69. The summed E-state index contributed by atoms with van der Waals surface area (Å²) in [4.78, 5) is 42.8. The fourth-order valence-corrected chi connectivity index (χ4v) is 17.9. The Labute approximate surface area is 517 Å². The molecule has 5 aliphatic carbocycles. The molecule has 1 unspecified atom stereocenters. The summed E-state index contributed by atoms with van der Waals surface area (Å²) in [5, 5.41) is 131. The van der Waals surface area contributed by atoms with Gasteiger partial charge in [0.15, 0.2) is 37.4 Å². The lowest BCUT2D eigenvalue weighted by atomic mass is 9.34. The molecule has 0 aromatic carbocycles. The number of carbonyl (C=O) groups is 3. The van der Waals surface area contributed by atoms with E-state index >= 15 is 4.79 Å². The van der Waals surface area contributed by atoms with Crippen molar-refractivity contribution in [3.05, 3.63) is 11.6 Å². The lowest BCUT2D eigenvalue weighted by Crippen LogP contribution is -2.66. The van der Waals surface area contributed by atoms with Gasteiger partial charge >= 0.3 is 17.9 Å². The minimum absolute atomic E-state index is 0.0446. The van der Waals surface area contributed by atoms with Crippen LogP contribution in [-0.2, 0) is 71.2 Å². The highest BCUT2D eigenvalue weighted by Crippen LogP contribution is 2.75. The third-order valence-corrected chi connectivity index (χ3v) is 23.3. The van der Waals surface area contributed by atoms with Crippen LogP contribution >= 0.6 is 0 Å². The van der Waals surface area contributed by atoms with E-state index in [1.54, 1.807) is 0 Å². The number of hydrogen-bond acceptors (Lipinski definition) is 27. The lowest BCUT2D eigenvalue weighted by molar-refractivity contribution is -0.370. The van der Waals surface area contributed by atoms with Crippen LogP contribution in [0.3, 0.4) is 0 Å². The van der Waals surface area contributed by atoms with E-state index in [0.29, 0.717) is 64.2 Å². The van der Waals surface area contributed by atoms with Gasteiger partial charge in [-0.15, -0.1) is 0 Å². The normalized spacial score (nSPS) is 53.0. The molecule has 0 aromatic heterocycles. The van der Waals surface area contributed by atoms with E-state index in [2.05, 4.69) is 40.7 Å². The summed E-state index contributed by atoms with van der Waals surface area (Å²) >= 11 is 0. The van der Waals surface area contributed by atoms with Gasteiger partial charge in [-0.1, -0.05) is 46.3 Å². The topological polar surface area (TPSA) is 405 Å². The Morgan fingerprint density at radius 2 is 1.33 bits per heavy atom. The Morgan fingerprint density at radius 1 is 0.640 bits per heavy atom. The van der Waals surface area contributed by atoms with Gasteiger partial charge in [0, 0.05) is 12.3 Å². The molecule has 0 bridgehead atoms. The highest BCUT2D eigenvalue weighted by atomic mass is 16.8. The predicted molar refractivity (Wildman–Crippen MR) is 299 cm³/mol. The highest BCUT2D eigenvalue weighted by molar-refractivity contribution is 5.79. The van der Waals surface area contributed by atoms with Crippen molar-refractivity contribution < 1.29 is 133 Å². The Kier molecular flexibility index (Phi) is 19.4. The molecule has 0 aromatic rings. The summed E-state index contributed by atoms with van der Waals surface area (Å²) in [7, 11) is 0. The predicted octanol–water partition coefficient (Wildman–Crippen LogP) is -1.01. The summed E-state index contributed by atoms with van der Waals surface area (Å²) in [6.45, 7) is 12.2. The van der Waals surface area contributed by atoms with Crippen molar-refractivity contribution in [2.75, 3.05) is 33.0 Å². The molecule has 89 heavy (non-hydrogen) atoms. The van der Waals surface area contributed by atoms with Gasteiger partial charge in [-0.2, -0.15) is 0 Å². The second-order valence-electron chi connectivity index (χ2n) is 29.6. The quantitative estimate of drug-likeness (QED) is 0.0629. The molecular formula is C62H96O27. The minimum atomic E-state index is -1.91. The van der Waals surface area contributed by atoms with Crippen LogP contribution in [0.25, 0.3) is 0 Å². The molecular weight excluding hydrogens is 1180 g/mol. The lowest BCUT2D eigenvalue weighted by Gasteiger charge is -2.70. The van der Waals surface area contributed by atoms with Crippen LogP contribution in [0.2, 0.25) is 0 Å². The SMILES string of the molecule is C[C@@H]1O[C@@H](O[C@H]2[C@H](OC(=O)[C@]34CCC(C)(C)C[C@H]3C3=CC[C@@H]5[C@@]6(C)CC[C@@H]7O[C@@H]8O[C@H](CO)[C@@H](O)[C@H](O)[C@H]8O[C@@H]8OC[C@H](O)C[C@H]8OC(=O)CC(C)(O)CC(=O)OC[C@H]7[C@@H]6CC[C@@]5(C)[C@]3(C)CC4)OC[C@H](O)[C@@H]2O)[C@H](O)[C@H](O[C@@H]2OC[C@@H](O)[C@H](O)[C@H]2O)[C@H]1O. The van der Waals surface area contributed by atoms with Gasteiger partial charge in [-0.3, -0.25) is 14.4 Å². The number of hydrogen-bond donors (Lipinski definition) is 12. The molecule has 506 valence electrons.